The Morgan fingerprint density at radius 2 is 1.93 bits per heavy atom. The molecule has 3 aromatic rings. The number of methoxy groups -OCH3 is 1. The van der Waals surface area contributed by atoms with Crippen molar-refractivity contribution in [3.05, 3.63) is 69.6 Å². The smallest absolute Gasteiger partial charge is 0.339 e. The number of rotatable bonds is 4. The van der Waals surface area contributed by atoms with Crippen LogP contribution in [0.3, 0.4) is 0 Å². The van der Waals surface area contributed by atoms with E-state index < -0.39 is 5.97 Å². The highest BCUT2D eigenvalue weighted by Gasteiger charge is 2.29. The summed E-state index contributed by atoms with van der Waals surface area (Å²) < 4.78 is 5.19. The number of thiophene rings is 1. The maximum atomic E-state index is 13.1. The first kappa shape index (κ1) is 18.5. The van der Waals surface area contributed by atoms with Crippen LogP contribution in [-0.4, -0.2) is 30.6 Å². The highest BCUT2D eigenvalue weighted by Crippen LogP contribution is 2.37. The van der Waals surface area contributed by atoms with Gasteiger partial charge in [-0.3, -0.25) is 4.79 Å². The number of carbonyl (C=O) groups excluding carboxylic acids is 1. The van der Waals surface area contributed by atoms with E-state index in [2.05, 4.69) is 6.07 Å². The van der Waals surface area contributed by atoms with Crippen LogP contribution in [-0.2, 0) is 6.42 Å². The molecule has 0 atom stereocenters. The molecular weight excluding hydrogens is 398 g/mol. The van der Waals surface area contributed by atoms with E-state index in [0.717, 1.165) is 22.4 Å². The number of ether oxygens (including phenoxy) is 1. The van der Waals surface area contributed by atoms with Crippen LogP contribution in [0, 0.1) is 0 Å². The molecule has 142 valence electrons. The van der Waals surface area contributed by atoms with Crippen molar-refractivity contribution in [1.29, 1.82) is 0 Å². The van der Waals surface area contributed by atoms with E-state index >= 15 is 0 Å². The summed E-state index contributed by atoms with van der Waals surface area (Å²) in [5, 5.41) is 9.91. The van der Waals surface area contributed by atoms with Gasteiger partial charge in [0.25, 0.3) is 5.91 Å². The lowest BCUT2D eigenvalue weighted by Gasteiger charge is -2.27. The first-order valence-electron chi connectivity index (χ1n) is 8.60. The quantitative estimate of drug-likeness (QED) is 0.655. The number of carboxylic acid groups (broad SMARTS) is 1. The summed E-state index contributed by atoms with van der Waals surface area (Å²) in [4.78, 5) is 27.8. The zero-order valence-corrected chi connectivity index (χ0v) is 16.5. The van der Waals surface area contributed by atoms with E-state index in [0.29, 0.717) is 22.1 Å². The van der Waals surface area contributed by atoms with Gasteiger partial charge in [0.2, 0.25) is 0 Å². The monoisotopic (exact) mass is 413 g/mol. The second-order valence-electron chi connectivity index (χ2n) is 6.37. The third kappa shape index (κ3) is 3.25. The molecule has 7 heteroatoms. The van der Waals surface area contributed by atoms with Crippen molar-refractivity contribution >= 4 is 40.5 Å². The van der Waals surface area contributed by atoms with Crippen LogP contribution in [0.4, 0.5) is 5.69 Å². The number of benzene rings is 2. The Labute approximate surface area is 170 Å². The third-order valence-electron chi connectivity index (χ3n) is 4.71. The lowest BCUT2D eigenvalue weighted by atomic mass is 10.0. The Morgan fingerprint density at radius 1 is 1.18 bits per heavy atom. The van der Waals surface area contributed by atoms with Crippen LogP contribution in [0.5, 0.6) is 5.75 Å². The Hall–Kier alpha value is -2.83. The van der Waals surface area contributed by atoms with Gasteiger partial charge in [-0.15, -0.1) is 11.3 Å². The first-order valence-corrected chi connectivity index (χ1v) is 9.79. The molecule has 0 saturated carbocycles. The number of amides is 1. The van der Waals surface area contributed by atoms with Crippen LogP contribution in [0.15, 0.2) is 48.5 Å². The van der Waals surface area contributed by atoms with E-state index in [9.17, 15) is 14.7 Å². The molecule has 0 bridgehead atoms. The van der Waals surface area contributed by atoms with Crippen molar-refractivity contribution in [1.82, 2.24) is 0 Å². The molecule has 0 aliphatic carbocycles. The molecule has 28 heavy (non-hydrogen) atoms. The van der Waals surface area contributed by atoms with Gasteiger partial charge in [0.1, 0.15) is 11.3 Å². The predicted molar refractivity (Wildman–Crippen MR) is 110 cm³/mol. The lowest BCUT2D eigenvalue weighted by Crippen LogP contribution is -2.36. The molecule has 0 radical (unpaired) electrons. The van der Waals surface area contributed by atoms with Crippen LogP contribution < -0.4 is 9.64 Å². The topological polar surface area (TPSA) is 66.8 Å². The molecular formula is C21H16ClNO4S. The Morgan fingerprint density at radius 3 is 2.61 bits per heavy atom. The van der Waals surface area contributed by atoms with E-state index in [-0.39, 0.29) is 17.2 Å². The molecule has 0 saturated heterocycles. The molecule has 2 heterocycles. The number of carboxylic acids is 1. The zero-order chi connectivity index (χ0) is 19.8. The minimum atomic E-state index is -1.07. The minimum absolute atomic E-state index is 0.0672. The highest BCUT2D eigenvalue weighted by molar-refractivity contribution is 7.17. The predicted octanol–water partition coefficient (Wildman–Crippen LogP) is 4.98. The number of fused-ring (bicyclic) bond motifs is 1. The molecule has 0 spiro atoms. The molecule has 0 fully saturated rings. The maximum absolute atomic E-state index is 13.1. The average molecular weight is 414 g/mol. The molecule has 2 aromatic carbocycles. The SMILES string of the molecule is COc1cc(N2CCc3cc(-c4ccc(Cl)cc4)sc3C2=O)ccc1C(=O)O. The van der Waals surface area contributed by atoms with Crippen molar-refractivity contribution in [3.8, 4) is 16.2 Å². The van der Waals surface area contributed by atoms with Gasteiger partial charge in [-0.1, -0.05) is 23.7 Å². The van der Waals surface area contributed by atoms with Gasteiger partial charge in [-0.05, 0) is 47.9 Å². The zero-order valence-electron chi connectivity index (χ0n) is 14.9. The van der Waals surface area contributed by atoms with Gasteiger partial charge in [0.05, 0.1) is 12.0 Å². The van der Waals surface area contributed by atoms with Gasteiger partial charge in [-0.25, -0.2) is 4.79 Å². The Bertz CT molecular complexity index is 1070. The summed E-state index contributed by atoms with van der Waals surface area (Å²) in [5.74, 6) is -0.922. The molecule has 1 aliphatic heterocycles. The number of anilines is 1. The fourth-order valence-corrected chi connectivity index (χ4v) is 4.57. The van der Waals surface area contributed by atoms with Gasteiger partial charge >= 0.3 is 5.97 Å². The third-order valence-corrected chi connectivity index (χ3v) is 6.18. The van der Waals surface area contributed by atoms with Gasteiger partial charge in [0.15, 0.2) is 0 Å². The van der Waals surface area contributed by atoms with E-state index in [1.165, 1.54) is 24.5 Å². The van der Waals surface area contributed by atoms with Gasteiger partial charge in [0, 0.05) is 28.2 Å². The number of hydrogen-bond donors (Lipinski definition) is 1. The second kappa shape index (κ2) is 7.30. The van der Waals surface area contributed by atoms with Gasteiger partial charge in [-0.2, -0.15) is 0 Å². The summed E-state index contributed by atoms with van der Waals surface area (Å²) >= 11 is 7.42. The highest BCUT2D eigenvalue weighted by atomic mass is 35.5. The van der Waals surface area contributed by atoms with Crippen LogP contribution >= 0.6 is 22.9 Å². The van der Waals surface area contributed by atoms with Crippen LogP contribution in [0.25, 0.3) is 10.4 Å². The number of aromatic carboxylic acids is 1. The van der Waals surface area contributed by atoms with Gasteiger partial charge < -0.3 is 14.7 Å². The number of hydrogen-bond acceptors (Lipinski definition) is 4. The van der Waals surface area contributed by atoms with Crippen molar-refractivity contribution in [3.63, 3.8) is 0 Å². The Kier molecular flexibility index (Phi) is 4.83. The largest absolute Gasteiger partial charge is 0.496 e. The fraction of sp³-hybridized carbons (Fsp3) is 0.143. The van der Waals surface area contributed by atoms with Crippen LogP contribution in [0.2, 0.25) is 5.02 Å². The number of nitrogens with zero attached hydrogens (tertiary/aromatic N) is 1. The fourth-order valence-electron chi connectivity index (χ4n) is 3.28. The normalized spacial score (nSPS) is 13.4. The molecule has 1 aromatic heterocycles. The van der Waals surface area contributed by atoms with Crippen molar-refractivity contribution < 1.29 is 19.4 Å². The molecule has 1 N–H and O–H groups in total. The summed E-state index contributed by atoms with van der Waals surface area (Å²) in [6.07, 6.45) is 0.730. The van der Waals surface area contributed by atoms with Crippen LogP contribution in [0.1, 0.15) is 25.6 Å². The summed E-state index contributed by atoms with van der Waals surface area (Å²) in [5.41, 5.74) is 2.75. The Balaban J connectivity index is 1.67. The standard InChI is InChI=1S/C21H16ClNO4S/c1-27-17-11-15(6-7-16(17)21(25)26)23-9-8-13-10-18(28-19(13)20(23)24)12-2-4-14(22)5-3-12/h2-7,10-11H,8-9H2,1H3,(H,25,26). The van der Waals surface area contributed by atoms with E-state index in [1.54, 1.807) is 17.0 Å². The molecule has 0 unspecified atom stereocenters. The molecule has 4 rings (SSSR count). The first-order chi connectivity index (χ1) is 13.5. The minimum Gasteiger partial charge on any atom is -0.496 e. The molecule has 1 aliphatic rings. The van der Waals surface area contributed by atoms with E-state index in [1.807, 2.05) is 24.3 Å². The van der Waals surface area contributed by atoms with E-state index in [4.69, 9.17) is 16.3 Å². The number of carbonyl (C=O) groups is 2. The van der Waals surface area contributed by atoms with Crippen molar-refractivity contribution in [2.24, 2.45) is 0 Å². The summed E-state index contributed by atoms with van der Waals surface area (Å²) in [6.45, 7) is 0.526. The van der Waals surface area contributed by atoms with Crippen molar-refractivity contribution in [2.45, 2.75) is 6.42 Å². The summed E-state index contributed by atoms with van der Waals surface area (Å²) in [6, 6.07) is 14.3. The van der Waals surface area contributed by atoms with Crippen molar-refractivity contribution in [2.75, 3.05) is 18.6 Å². The molecule has 5 nitrogen and oxygen atoms in total. The second-order valence-corrected chi connectivity index (χ2v) is 7.86. The summed E-state index contributed by atoms with van der Waals surface area (Å²) in [7, 11) is 1.42. The lowest BCUT2D eigenvalue weighted by molar-refractivity contribution is 0.0693. The maximum Gasteiger partial charge on any atom is 0.339 e. The molecule has 1 amide bonds. The average Bonchev–Trinajstić information content (AvgIpc) is 3.13. The number of halogens is 1.